The number of hydrogen-bond donors (Lipinski definition) is 1. The molecule has 1 heterocycles. The molecular weight excluding hydrogens is 315 g/mol. The highest BCUT2D eigenvalue weighted by molar-refractivity contribution is 7.93. The van der Waals surface area contributed by atoms with Crippen LogP contribution in [0.2, 0.25) is 0 Å². The Morgan fingerprint density at radius 1 is 1.23 bits per heavy atom. The third kappa shape index (κ3) is 2.74. The van der Waals surface area contributed by atoms with Crippen molar-refractivity contribution >= 4 is 12.2 Å². The van der Waals surface area contributed by atoms with Gasteiger partial charge in [0.25, 0.3) is 0 Å². The lowest BCUT2D eigenvalue weighted by Crippen LogP contribution is -2.13. The first-order valence-electron chi connectivity index (χ1n) is 6.44. The summed E-state index contributed by atoms with van der Waals surface area (Å²) in [6.07, 6.45) is -4.48. The largest absolute Gasteiger partial charge is 0.496 e. The summed E-state index contributed by atoms with van der Waals surface area (Å²) in [4.78, 5) is 0. The number of alkyl halides is 3. The molecule has 0 saturated heterocycles. The third-order valence-electron chi connectivity index (χ3n) is 3.36. The monoisotopic (exact) mass is 327 g/mol. The minimum absolute atomic E-state index is 0.196. The second-order valence-corrected chi connectivity index (χ2v) is 5.32. The van der Waals surface area contributed by atoms with E-state index in [2.05, 4.69) is 4.72 Å². The van der Waals surface area contributed by atoms with Gasteiger partial charge in [0, 0.05) is 17.7 Å². The van der Waals surface area contributed by atoms with Crippen LogP contribution in [0.1, 0.15) is 11.1 Å². The Labute approximate surface area is 129 Å². The van der Waals surface area contributed by atoms with E-state index in [-0.39, 0.29) is 5.75 Å². The van der Waals surface area contributed by atoms with Crippen LogP contribution < -0.4 is 13.6 Å². The second kappa shape index (κ2) is 5.73. The van der Waals surface area contributed by atoms with Crippen molar-refractivity contribution in [3.8, 4) is 22.6 Å². The molecule has 22 heavy (non-hydrogen) atoms. The number of benzene rings is 2. The van der Waals surface area contributed by atoms with Crippen molar-refractivity contribution in [3.63, 3.8) is 0 Å². The van der Waals surface area contributed by atoms with Gasteiger partial charge in [-0.2, -0.15) is 13.2 Å². The lowest BCUT2D eigenvalue weighted by atomic mass is 9.99. The van der Waals surface area contributed by atoms with Gasteiger partial charge in [0.2, 0.25) is 0 Å². The third-order valence-corrected chi connectivity index (χ3v) is 3.87. The Bertz CT molecular complexity index is 704. The summed E-state index contributed by atoms with van der Waals surface area (Å²) in [5, 5.41) is 0. The van der Waals surface area contributed by atoms with E-state index in [1.807, 2.05) is 6.07 Å². The molecule has 3 rings (SSSR count). The maximum Gasteiger partial charge on any atom is 0.419 e. The highest BCUT2D eigenvalue weighted by Gasteiger charge is 2.35. The van der Waals surface area contributed by atoms with Crippen molar-refractivity contribution in [2.45, 2.75) is 12.7 Å². The van der Waals surface area contributed by atoms with Crippen LogP contribution in [0.5, 0.6) is 11.5 Å². The first-order valence-corrected chi connectivity index (χ1v) is 7.18. The molecule has 0 fully saturated rings. The Morgan fingerprint density at radius 3 is 2.77 bits per heavy atom. The maximum atomic E-state index is 13.1. The Morgan fingerprint density at radius 2 is 2.05 bits per heavy atom. The summed E-state index contributed by atoms with van der Waals surface area (Å²) >= 11 is 1.07. The van der Waals surface area contributed by atoms with Gasteiger partial charge < -0.3 is 8.92 Å². The zero-order chi connectivity index (χ0) is 15.7. The molecule has 0 spiro atoms. The minimum atomic E-state index is -4.48. The molecule has 0 bridgehead atoms. The predicted molar refractivity (Wildman–Crippen MR) is 78.5 cm³/mol. The second-order valence-electron chi connectivity index (χ2n) is 4.69. The first-order chi connectivity index (χ1) is 10.5. The van der Waals surface area contributed by atoms with Crippen LogP contribution in [-0.2, 0) is 12.7 Å². The van der Waals surface area contributed by atoms with Crippen LogP contribution >= 0.6 is 12.2 Å². The average Bonchev–Trinajstić information content (AvgIpc) is 2.53. The van der Waals surface area contributed by atoms with E-state index in [0.29, 0.717) is 23.4 Å². The fourth-order valence-corrected chi connectivity index (χ4v) is 2.88. The predicted octanol–water partition coefficient (Wildman–Crippen LogP) is 4.43. The lowest BCUT2D eigenvalue weighted by molar-refractivity contribution is -0.138. The molecule has 0 radical (unpaired) electrons. The van der Waals surface area contributed by atoms with E-state index in [4.69, 9.17) is 8.92 Å². The summed E-state index contributed by atoms with van der Waals surface area (Å²) in [5.41, 5.74) is 1.17. The molecule has 0 aliphatic carbocycles. The van der Waals surface area contributed by atoms with Crippen LogP contribution in [-0.4, -0.2) is 7.11 Å². The Balaban J connectivity index is 2.14. The zero-order valence-corrected chi connectivity index (χ0v) is 12.3. The van der Waals surface area contributed by atoms with Crippen LogP contribution in [0.25, 0.3) is 11.1 Å². The number of nitrogens with one attached hydrogen (secondary N) is 1. The van der Waals surface area contributed by atoms with E-state index in [1.165, 1.54) is 13.2 Å². The van der Waals surface area contributed by atoms with E-state index in [9.17, 15) is 13.2 Å². The fraction of sp³-hybridized carbons (Fsp3) is 0.200. The Kier molecular flexibility index (Phi) is 3.92. The van der Waals surface area contributed by atoms with Crippen LogP contribution in [0.3, 0.4) is 0 Å². The van der Waals surface area contributed by atoms with Gasteiger partial charge in [-0.15, -0.1) is 0 Å². The zero-order valence-electron chi connectivity index (χ0n) is 11.5. The van der Waals surface area contributed by atoms with Gasteiger partial charge in [-0.3, -0.25) is 0 Å². The van der Waals surface area contributed by atoms with Gasteiger partial charge in [-0.25, -0.2) is 4.72 Å². The normalized spacial score (nSPS) is 14.2. The average molecular weight is 327 g/mol. The molecule has 0 saturated carbocycles. The maximum absolute atomic E-state index is 13.1. The number of para-hydroxylation sites is 1. The Hall–Kier alpha value is -1.86. The molecule has 2 aromatic carbocycles. The first kappa shape index (κ1) is 15.1. The molecule has 1 aliphatic heterocycles. The molecule has 116 valence electrons. The van der Waals surface area contributed by atoms with Gasteiger partial charge in [0.1, 0.15) is 18.0 Å². The molecule has 2 aromatic rings. The number of fused-ring (bicyclic) bond motifs is 1. The summed E-state index contributed by atoms with van der Waals surface area (Å²) in [6.45, 7) is 0.593. The summed E-state index contributed by atoms with van der Waals surface area (Å²) < 4.78 is 52.7. The summed E-state index contributed by atoms with van der Waals surface area (Å²) in [5.74, 6) is 0.391. The van der Waals surface area contributed by atoms with Crippen LogP contribution in [0, 0.1) is 0 Å². The molecule has 7 heteroatoms. The lowest BCUT2D eigenvalue weighted by Gasteiger charge is -2.20. The molecule has 0 amide bonds. The van der Waals surface area contributed by atoms with E-state index in [1.54, 1.807) is 18.2 Å². The van der Waals surface area contributed by atoms with Crippen molar-refractivity contribution in [2.75, 3.05) is 7.11 Å². The van der Waals surface area contributed by atoms with Gasteiger partial charge in [-0.1, -0.05) is 24.3 Å². The quantitative estimate of drug-likeness (QED) is 0.653. The number of methoxy groups -OCH3 is 1. The minimum Gasteiger partial charge on any atom is -0.496 e. The molecule has 3 nitrogen and oxygen atoms in total. The van der Waals surface area contributed by atoms with Crippen molar-refractivity contribution < 1.29 is 22.1 Å². The van der Waals surface area contributed by atoms with Crippen molar-refractivity contribution in [1.29, 1.82) is 0 Å². The number of ether oxygens (including phenoxy) is 1. The van der Waals surface area contributed by atoms with Gasteiger partial charge >= 0.3 is 6.18 Å². The fourth-order valence-electron chi connectivity index (χ4n) is 2.33. The molecular formula is C15H12F3NO2S. The standard InChI is InChI=1S/C15H12F3NO2S/c1-20-13-6-5-9(7-12(13)15(16,17)18)11-4-2-3-10-8-19-22-21-14(10)11/h2-7,19H,8H2,1H3. The molecule has 1 N–H and O–H groups in total. The molecule has 1 aliphatic rings. The number of halogens is 3. The van der Waals surface area contributed by atoms with E-state index >= 15 is 0 Å². The molecule has 0 atom stereocenters. The highest BCUT2D eigenvalue weighted by atomic mass is 32.2. The van der Waals surface area contributed by atoms with Crippen molar-refractivity contribution in [3.05, 3.63) is 47.5 Å². The van der Waals surface area contributed by atoms with E-state index < -0.39 is 11.7 Å². The summed E-state index contributed by atoms with van der Waals surface area (Å²) in [7, 11) is 1.22. The highest BCUT2D eigenvalue weighted by Crippen LogP contribution is 2.42. The smallest absolute Gasteiger partial charge is 0.419 e. The number of hydrogen-bond acceptors (Lipinski definition) is 4. The molecule has 0 unspecified atom stereocenters. The topological polar surface area (TPSA) is 30.5 Å². The SMILES string of the molecule is COc1ccc(-c2cccc3c2OSNC3)cc1C(F)(F)F. The van der Waals surface area contributed by atoms with Crippen LogP contribution in [0.4, 0.5) is 13.2 Å². The van der Waals surface area contributed by atoms with E-state index in [0.717, 1.165) is 23.9 Å². The van der Waals surface area contributed by atoms with Gasteiger partial charge in [-0.05, 0) is 17.7 Å². The van der Waals surface area contributed by atoms with Crippen molar-refractivity contribution in [1.82, 2.24) is 4.72 Å². The van der Waals surface area contributed by atoms with Crippen LogP contribution in [0.15, 0.2) is 36.4 Å². The summed E-state index contributed by atoms with van der Waals surface area (Å²) in [6, 6.07) is 9.43. The van der Waals surface area contributed by atoms with Crippen molar-refractivity contribution in [2.24, 2.45) is 0 Å². The number of rotatable bonds is 2. The van der Waals surface area contributed by atoms with Gasteiger partial charge in [0.15, 0.2) is 5.75 Å². The van der Waals surface area contributed by atoms with Gasteiger partial charge in [0.05, 0.1) is 12.7 Å². The molecule has 0 aromatic heterocycles.